The molecule has 0 radical (unpaired) electrons. The van der Waals surface area contributed by atoms with Crippen LogP contribution in [-0.4, -0.2) is 42.6 Å². The van der Waals surface area contributed by atoms with Gasteiger partial charge in [0.25, 0.3) is 0 Å². The summed E-state index contributed by atoms with van der Waals surface area (Å²) in [6.07, 6.45) is -8.69. The van der Waals surface area contributed by atoms with Crippen LogP contribution in [0.3, 0.4) is 0 Å². The zero-order chi connectivity index (χ0) is 27.8. The third kappa shape index (κ3) is 6.85. The first kappa shape index (κ1) is 28.4. The van der Waals surface area contributed by atoms with E-state index < -0.39 is 41.5 Å². The highest BCUT2D eigenvalue weighted by molar-refractivity contribution is 5.78. The predicted molar refractivity (Wildman–Crippen MR) is 126 cm³/mol. The fourth-order valence-corrected chi connectivity index (χ4v) is 5.11. The van der Waals surface area contributed by atoms with Gasteiger partial charge in [0.1, 0.15) is 5.82 Å². The van der Waals surface area contributed by atoms with Crippen LogP contribution in [0.25, 0.3) is 0 Å². The summed E-state index contributed by atoms with van der Waals surface area (Å²) >= 11 is 0. The molecular weight excluding hydrogens is 517 g/mol. The van der Waals surface area contributed by atoms with Crippen LogP contribution in [0.2, 0.25) is 0 Å². The molecule has 0 saturated heterocycles. The second-order valence-electron chi connectivity index (χ2n) is 10.1. The van der Waals surface area contributed by atoms with Crippen LogP contribution in [0.4, 0.5) is 30.7 Å². The Kier molecular flexibility index (Phi) is 8.09. The Hall–Kier alpha value is -2.66. The summed E-state index contributed by atoms with van der Waals surface area (Å²) in [4.78, 5) is 14.3. The molecule has 0 heterocycles. The maximum Gasteiger partial charge on any atom is 0.416 e. The van der Waals surface area contributed by atoms with Crippen molar-refractivity contribution in [3.63, 3.8) is 0 Å². The highest BCUT2D eigenvalue weighted by Crippen LogP contribution is 2.43. The lowest BCUT2D eigenvalue weighted by Crippen LogP contribution is -2.43. The third-order valence-corrected chi connectivity index (χ3v) is 7.18. The predicted octanol–water partition coefficient (Wildman–Crippen LogP) is 6.47. The molecule has 4 atom stereocenters. The molecule has 0 unspecified atom stereocenters. The van der Waals surface area contributed by atoms with Crippen molar-refractivity contribution in [2.45, 2.75) is 75.2 Å². The maximum absolute atomic E-state index is 13.6. The van der Waals surface area contributed by atoms with Crippen molar-refractivity contribution in [2.75, 3.05) is 13.6 Å². The molecule has 208 valence electrons. The molecule has 0 spiro atoms. The number of hydrogen-bond donors (Lipinski definition) is 1. The Balaban J connectivity index is 1.59. The number of benzene rings is 2. The number of nitrogens with one attached hydrogen (secondary N) is 1. The van der Waals surface area contributed by atoms with Crippen LogP contribution in [0.5, 0.6) is 0 Å². The Bertz CT molecular complexity index is 1100. The van der Waals surface area contributed by atoms with E-state index in [9.17, 15) is 35.5 Å². The summed E-state index contributed by atoms with van der Waals surface area (Å²) < 4.78 is 100. The normalized spacial score (nSPS) is 23.1. The highest BCUT2D eigenvalue weighted by Gasteiger charge is 2.42. The number of likely N-dealkylation sites (N-methyl/N-ethyl adjacent to an activating group) is 1. The van der Waals surface area contributed by atoms with Crippen molar-refractivity contribution < 1.29 is 40.3 Å². The summed E-state index contributed by atoms with van der Waals surface area (Å²) in [6.45, 7) is 1.53. The molecule has 2 aromatic rings. The Labute approximate surface area is 216 Å². The summed E-state index contributed by atoms with van der Waals surface area (Å²) in [5, 5.41) is 2.92. The number of rotatable bonds is 8. The van der Waals surface area contributed by atoms with Crippen LogP contribution in [0, 0.1) is 5.82 Å². The van der Waals surface area contributed by atoms with Crippen molar-refractivity contribution in [1.29, 1.82) is 0 Å². The zero-order valence-corrected chi connectivity index (χ0v) is 20.9. The molecule has 4 nitrogen and oxygen atoms in total. The minimum atomic E-state index is -4.96. The molecule has 11 heteroatoms. The third-order valence-electron chi connectivity index (χ3n) is 7.18. The number of halogens is 7. The molecule has 1 amide bonds. The summed E-state index contributed by atoms with van der Waals surface area (Å²) in [7, 11) is 1.78. The topological polar surface area (TPSA) is 41.6 Å². The van der Waals surface area contributed by atoms with E-state index in [0.717, 1.165) is 12.8 Å². The van der Waals surface area contributed by atoms with Gasteiger partial charge in [0.2, 0.25) is 5.91 Å². The van der Waals surface area contributed by atoms with Gasteiger partial charge in [-0.2, -0.15) is 26.3 Å². The minimum Gasteiger partial charge on any atom is -0.370 e. The fourth-order valence-electron chi connectivity index (χ4n) is 5.11. The van der Waals surface area contributed by atoms with E-state index >= 15 is 0 Å². The van der Waals surface area contributed by atoms with E-state index in [-0.39, 0.29) is 42.1 Å². The second-order valence-corrected chi connectivity index (χ2v) is 10.1. The fraction of sp³-hybridized carbons (Fsp3) is 0.519. The number of nitrogens with zero attached hydrogens (tertiary/aromatic N) is 1. The first-order chi connectivity index (χ1) is 17.7. The smallest absolute Gasteiger partial charge is 0.370 e. The lowest BCUT2D eigenvalue weighted by atomic mass is 9.91. The van der Waals surface area contributed by atoms with Crippen molar-refractivity contribution in [3.05, 3.63) is 70.5 Å². The van der Waals surface area contributed by atoms with Gasteiger partial charge in [-0.25, -0.2) is 4.39 Å². The van der Waals surface area contributed by atoms with E-state index in [2.05, 4.69) is 5.32 Å². The Morgan fingerprint density at radius 3 is 2.08 bits per heavy atom. The monoisotopic (exact) mass is 546 g/mol. The quantitative estimate of drug-likeness (QED) is 0.386. The van der Waals surface area contributed by atoms with E-state index in [1.807, 2.05) is 4.90 Å². The average molecular weight is 547 g/mol. The maximum atomic E-state index is 13.6. The van der Waals surface area contributed by atoms with Gasteiger partial charge in [0.15, 0.2) is 0 Å². The second kappa shape index (κ2) is 10.8. The van der Waals surface area contributed by atoms with E-state index in [1.54, 1.807) is 19.2 Å². The van der Waals surface area contributed by atoms with Crippen molar-refractivity contribution in [3.8, 4) is 0 Å². The van der Waals surface area contributed by atoms with Gasteiger partial charge in [-0.3, -0.25) is 9.69 Å². The van der Waals surface area contributed by atoms with Crippen molar-refractivity contribution in [1.82, 2.24) is 10.2 Å². The number of hydrogen-bond acceptors (Lipinski definition) is 3. The number of ether oxygens (including phenoxy) is 1. The molecule has 2 aliphatic carbocycles. The molecule has 2 fully saturated rings. The molecule has 0 aromatic heterocycles. The summed E-state index contributed by atoms with van der Waals surface area (Å²) in [6, 6.07) is 7.16. The molecule has 0 aliphatic heterocycles. The van der Waals surface area contributed by atoms with Crippen molar-refractivity contribution in [2.24, 2.45) is 0 Å². The molecule has 2 aliphatic rings. The molecule has 2 aromatic carbocycles. The number of carbonyl (C=O) groups excluding carboxylic acids is 1. The molecule has 2 saturated carbocycles. The van der Waals surface area contributed by atoms with Gasteiger partial charge in [0.05, 0.1) is 29.9 Å². The highest BCUT2D eigenvalue weighted by atomic mass is 19.4. The van der Waals surface area contributed by atoms with E-state index in [4.69, 9.17) is 4.74 Å². The van der Waals surface area contributed by atoms with Gasteiger partial charge < -0.3 is 10.1 Å². The molecule has 4 rings (SSSR count). The van der Waals surface area contributed by atoms with Gasteiger partial charge in [-0.05, 0) is 81.1 Å². The van der Waals surface area contributed by atoms with Gasteiger partial charge in [-0.1, -0.05) is 12.1 Å². The molecule has 1 N–H and O–H groups in total. The zero-order valence-electron chi connectivity index (χ0n) is 20.9. The number of alkyl halides is 6. The lowest BCUT2D eigenvalue weighted by Gasteiger charge is -2.33. The number of amides is 1. The first-order valence-electron chi connectivity index (χ1n) is 12.4. The SMILES string of the molecule is C[C@@H](O[C@H]1CC[C@@H](N(C)CC(=O)NC2CC2)[C@H]1c1ccc(F)cc1)c1cc(C(F)(F)F)cc(C(F)(F)F)c1. The van der Waals surface area contributed by atoms with Crippen LogP contribution < -0.4 is 5.32 Å². The minimum absolute atomic E-state index is 0.0881. The van der Waals surface area contributed by atoms with Crippen molar-refractivity contribution >= 4 is 5.91 Å². The Morgan fingerprint density at radius 2 is 1.55 bits per heavy atom. The molecular formula is C27H29F7N2O2. The van der Waals surface area contributed by atoms with Crippen LogP contribution in [0.1, 0.15) is 66.9 Å². The Morgan fingerprint density at radius 1 is 0.974 bits per heavy atom. The number of carbonyl (C=O) groups is 1. The average Bonchev–Trinajstić information content (AvgIpc) is 3.54. The van der Waals surface area contributed by atoms with E-state index in [0.29, 0.717) is 30.5 Å². The van der Waals surface area contributed by atoms with E-state index in [1.165, 1.54) is 19.1 Å². The molecule has 0 bridgehead atoms. The first-order valence-corrected chi connectivity index (χ1v) is 12.4. The van der Waals surface area contributed by atoms with Gasteiger partial charge in [0, 0.05) is 18.0 Å². The molecule has 38 heavy (non-hydrogen) atoms. The van der Waals surface area contributed by atoms with Crippen LogP contribution in [-0.2, 0) is 21.9 Å². The van der Waals surface area contributed by atoms with Gasteiger partial charge >= 0.3 is 12.4 Å². The van der Waals surface area contributed by atoms with Gasteiger partial charge in [-0.15, -0.1) is 0 Å². The lowest BCUT2D eigenvalue weighted by molar-refractivity contribution is -0.143. The summed E-state index contributed by atoms with van der Waals surface area (Å²) in [5.41, 5.74) is -2.34. The summed E-state index contributed by atoms with van der Waals surface area (Å²) in [5.74, 6) is -0.964. The standard InChI is InChI=1S/C27H29F7N2O2/c1-15(17-11-18(26(29,30)31)13-19(12-17)27(32,33)34)38-23-10-9-22(25(23)16-3-5-20(28)6-4-16)36(2)14-24(37)35-21-7-8-21/h3-6,11-13,15,21-23,25H,7-10,14H2,1-2H3,(H,35,37)/t15-,22-,23+,25-/m1/s1. The largest absolute Gasteiger partial charge is 0.416 e. The van der Waals surface area contributed by atoms with Crippen LogP contribution >= 0.6 is 0 Å². The van der Waals surface area contributed by atoms with Crippen LogP contribution in [0.15, 0.2) is 42.5 Å².